The molecule has 0 bridgehead atoms. The van der Waals surface area contributed by atoms with Crippen LogP contribution in [0.2, 0.25) is 0 Å². The first-order valence-electron chi connectivity index (χ1n) is 3.77. The molecule has 76 valence electrons. The second-order valence-corrected chi connectivity index (χ2v) is 4.42. The Morgan fingerprint density at radius 3 is 2.80 bits per heavy atom. The molecule has 2 aromatic rings. The summed E-state index contributed by atoms with van der Waals surface area (Å²) in [6.45, 7) is 0. The minimum Gasteiger partial charge on any atom is -0.476 e. The molecule has 0 aliphatic heterocycles. The molecule has 0 atom stereocenters. The lowest BCUT2D eigenvalue weighted by Gasteiger charge is -1.95. The maximum atomic E-state index is 10.5. The maximum Gasteiger partial charge on any atom is 0.356 e. The summed E-state index contributed by atoms with van der Waals surface area (Å²) in [4.78, 5) is 14.5. The van der Waals surface area contributed by atoms with Gasteiger partial charge in [0.05, 0.1) is 0 Å². The van der Waals surface area contributed by atoms with Gasteiger partial charge in [0.1, 0.15) is 11.4 Å². The van der Waals surface area contributed by atoms with Crippen LogP contribution >= 0.6 is 23.3 Å². The van der Waals surface area contributed by atoms with E-state index in [1.807, 2.05) is 0 Å². The Morgan fingerprint density at radius 1 is 1.40 bits per heavy atom. The van der Waals surface area contributed by atoms with Crippen LogP contribution < -0.4 is 0 Å². The van der Waals surface area contributed by atoms with E-state index in [1.54, 1.807) is 6.07 Å². The number of aromatic nitrogens is 4. The lowest BCUT2D eigenvalue weighted by atomic mass is 10.4. The van der Waals surface area contributed by atoms with Crippen molar-refractivity contribution in [1.29, 1.82) is 0 Å². The van der Waals surface area contributed by atoms with E-state index >= 15 is 0 Å². The predicted molar refractivity (Wildman–Crippen MR) is 53.0 cm³/mol. The van der Waals surface area contributed by atoms with E-state index in [1.165, 1.54) is 35.7 Å². The maximum absolute atomic E-state index is 10.5. The third-order valence-corrected chi connectivity index (χ3v) is 3.03. The average molecular weight is 240 g/mol. The van der Waals surface area contributed by atoms with E-state index in [0.717, 1.165) is 4.34 Å². The molecule has 0 fully saturated rings. The molecule has 0 saturated heterocycles. The SMILES string of the molecule is O=C(O)c1ccc(Sc2ncns2)nn1. The van der Waals surface area contributed by atoms with Gasteiger partial charge in [0.15, 0.2) is 10.0 Å². The number of carboxylic acid groups (broad SMARTS) is 1. The molecule has 0 aromatic carbocycles. The molecular formula is C7H4N4O2S2. The highest BCUT2D eigenvalue weighted by Gasteiger charge is 2.07. The Bertz CT molecular complexity index is 456. The third-order valence-electron chi connectivity index (χ3n) is 1.39. The summed E-state index contributed by atoms with van der Waals surface area (Å²) in [6, 6.07) is 2.99. The molecule has 0 radical (unpaired) electrons. The summed E-state index contributed by atoms with van der Waals surface area (Å²) in [7, 11) is 0. The Labute approximate surface area is 92.6 Å². The molecule has 2 rings (SSSR count). The predicted octanol–water partition coefficient (Wildman–Crippen LogP) is 1.18. The van der Waals surface area contributed by atoms with Gasteiger partial charge >= 0.3 is 5.97 Å². The van der Waals surface area contributed by atoms with Crippen molar-refractivity contribution in [3.63, 3.8) is 0 Å². The van der Waals surface area contributed by atoms with Gasteiger partial charge in [-0.15, -0.1) is 10.2 Å². The third kappa shape index (κ3) is 2.48. The zero-order valence-corrected chi connectivity index (χ0v) is 8.83. The normalized spacial score (nSPS) is 10.1. The fourth-order valence-corrected chi connectivity index (χ4v) is 2.10. The zero-order chi connectivity index (χ0) is 10.7. The summed E-state index contributed by atoms with van der Waals surface area (Å²) in [5.41, 5.74) is -0.0726. The first-order valence-corrected chi connectivity index (χ1v) is 5.36. The van der Waals surface area contributed by atoms with Crippen LogP contribution in [-0.2, 0) is 0 Å². The van der Waals surface area contributed by atoms with Crippen molar-refractivity contribution < 1.29 is 9.90 Å². The molecule has 2 heterocycles. The number of hydrogen-bond acceptors (Lipinski definition) is 7. The van der Waals surface area contributed by atoms with Crippen molar-refractivity contribution in [3.8, 4) is 0 Å². The smallest absolute Gasteiger partial charge is 0.356 e. The van der Waals surface area contributed by atoms with Crippen LogP contribution in [0.5, 0.6) is 0 Å². The van der Waals surface area contributed by atoms with E-state index in [9.17, 15) is 4.79 Å². The van der Waals surface area contributed by atoms with E-state index in [4.69, 9.17) is 5.11 Å². The van der Waals surface area contributed by atoms with Crippen molar-refractivity contribution in [2.45, 2.75) is 9.37 Å². The highest BCUT2D eigenvalue weighted by molar-refractivity contribution is 8.00. The van der Waals surface area contributed by atoms with Gasteiger partial charge < -0.3 is 5.11 Å². The molecular weight excluding hydrogens is 236 g/mol. The minimum atomic E-state index is -1.09. The number of aromatic carboxylic acids is 1. The minimum absolute atomic E-state index is 0.0726. The Kier molecular flexibility index (Phi) is 2.88. The fourth-order valence-electron chi connectivity index (χ4n) is 0.786. The van der Waals surface area contributed by atoms with Crippen LogP contribution in [-0.4, -0.2) is 30.6 Å². The second kappa shape index (κ2) is 4.32. The molecule has 8 heteroatoms. The number of nitrogens with zero attached hydrogens (tertiary/aromatic N) is 4. The van der Waals surface area contributed by atoms with Crippen LogP contribution in [0.1, 0.15) is 10.5 Å². The monoisotopic (exact) mass is 240 g/mol. The number of rotatable bonds is 3. The molecule has 6 nitrogen and oxygen atoms in total. The average Bonchev–Trinajstić information content (AvgIpc) is 2.71. The zero-order valence-electron chi connectivity index (χ0n) is 7.19. The molecule has 0 spiro atoms. The van der Waals surface area contributed by atoms with Crippen LogP contribution in [0.15, 0.2) is 27.8 Å². The molecule has 0 unspecified atom stereocenters. The molecule has 15 heavy (non-hydrogen) atoms. The van der Waals surface area contributed by atoms with Gasteiger partial charge in [-0.05, 0) is 35.4 Å². The Balaban J connectivity index is 2.14. The highest BCUT2D eigenvalue weighted by Crippen LogP contribution is 2.25. The van der Waals surface area contributed by atoms with Gasteiger partial charge in [0, 0.05) is 0 Å². The van der Waals surface area contributed by atoms with Gasteiger partial charge in [0.2, 0.25) is 0 Å². The van der Waals surface area contributed by atoms with Crippen molar-refractivity contribution in [3.05, 3.63) is 24.2 Å². The lowest BCUT2D eigenvalue weighted by Crippen LogP contribution is -2.01. The fraction of sp³-hybridized carbons (Fsp3) is 0. The van der Waals surface area contributed by atoms with Crippen LogP contribution in [0.4, 0.5) is 0 Å². The van der Waals surface area contributed by atoms with E-state index in [0.29, 0.717) is 5.03 Å². The van der Waals surface area contributed by atoms with Crippen LogP contribution in [0.3, 0.4) is 0 Å². The van der Waals surface area contributed by atoms with Gasteiger partial charge in [-0.1, -0.05) is 0 Å². The number of carboxylic acids is 1. The van der Waals surface area contributed by atoms with E-state index < -0.39 is 5.97 Å². The number of carbonyl (C=O) groups is 1. The molecule has 0 aliphatic rings. The van der Waals surface area contributed by atoms with Gasteiger partial charge in [0.25, 0.3) is 0 Å². The van der Waals surface area contributed by atoms with Crippen molar-refractivity contribution in [2.75, 3.05) is 0 Å². The lowest BCUT2D eigenvalue weighted by molar-refractivity contribution is 0.0689. The van der Waals surface area contributed by atoms with Crippen LogP contribution in [0.25, 0.3) is 0 Å². The standard InChI is InChI=1S/C7H4N4O2S2/c12-6(13)4-1-2-5(11-10-4)14-7-8-3-9-15-7/h1-3H,(H,12,13). The highest BCUT2D eigenvalue weighted by atomic mass is 32.2. The van der Waals surface area contributed by atoms with Gasteiger partial charge in [-0.25, -0.2) is 9.78 Å². The quantitative estimate of drug-likeness (QED) is 0.861. The van der Waals surface area contributed by atoms with Gasteiger partial charge in [-0.3, -0.25) is 0 Å². The first-order chi connectivity index (χ1) is 7.25. The van der Waals surface area contributed by atoms with Crippen molar-refractivity contribution in [2.24, 2.45) is 0 Å². The summed E-state index contributed by atoms with van der Waals surface area (Å²) < 4.78 is 4.57. The Hall–Kier alpha value is -1.54. The summed E-state index contributed by atoms with van der Waals surface area (Å²) in [5.74, 6) is -1.09. The Morgan fingerprint density at radius 2 is 2.27 bits per heavy atom. The molecule has 1 N–H and O–H groups in total. The molecule has 0 aliphatic carbocycles. The van der Waals surface area contributed by atoms with E-state index in [2.05, 4.69) is 19.6 Å². The summed E-state index contributed by atoms with van der Waals surface area (Å²) in [6.07, 6.45) is 1.45. The first kappa shape index (κ1) is 9.99. The van der Waals surface area contributed by atoms with Crippen molar-refractivity contribution in [1.82, 2.24) is 19.6 Å². The molecule has 0 amide bonds. The van der Waals surface area contributed by atoms with Crippen molar-refractivity contribution >= 4 is 29.3 Å². The molecule has 0 saturated carbocycles. The number of hydrogen-bond donors (Lipinski definition) is 1. The van der Waals surface area contributed by atoms with E-state index in [-0.39, 0.29) is 5.69 Å². The van der Waals surface area contributed by atoms with Crippen LogP contribution in [0, 0.1) is 0 Å². The largest absolute Gasteiger partial charge is 0.476 e. The van der Waals surface area contributed by atoms with Gasteiger partial charge in [-0.2, -0.15) is 4.37 Å². The summed E-state index contributed by atoms with van der Waals surface area (Å²) in [5, 5.41) is 16.5. The molecule has 2 aromatic heterocycles. The summed E-state index contributed by atoms with van der Waals surface area (Å²) >= 11 is 2.54. The topological polar surface area (TPSA) is 88.9 Å². The second-order valence-electron chi connectivity index (χ2n) is 2.37.